The van der Waals surface area contributed by atoms with Crippen LogP contribution in [0.5, 0.6) is 5.75 Å². The van der Waals surface area contributed by atoms with E-state index in [0.29, 0.717) is 11.3 Å². The SMILES string of the molecule is COC(=O)c1ccn(COc2ccccc2C=O)n1. The maximum Gasteiger partial charge on any atom is 0.358 e. The summed E-state index contributed by atoms with van der Waals surface area (Å²) in [5.41, 5.74) is 0.664. The molecular formula is C13H12N2O4. The van der Waals surface area contributed by atoms with Crippen molar-refractivity contribution in [3.05, 3.63) is 47.8 Å². The number of hydrogen-bond donors (Lipinski definition) is 0. The average molecular weight is 260 g/mol. The maximum atomic E-state index is 11.2. The van der Waals surface area contributed by atoms with E-state index in [2.05, 4.69) is 9.84 Å². The van der Waals surface area contributed by atoms with Gasteiger partial charge in [-0.05, 0) is 18.2 Å². The number of carbonyl (C=O) groups is 2. The summed E-state index contributed by atoms with van der Waals surface area (Å²) in [5, 5.41) is 3.98. The summed E-state index contributed by atoms with van der Waals surface area (Å²) < 4.78 is 11.4. The summed E-state index contributed by atoms with van der Waals surface area (Å²) >= 11 is 0. The molecule has 0 fully saturated rings. The molecule has 1 heterocycles. The van der Waals surface area contributed by atoms with Gasteiger partial charge in [-0.2, -0.15) is 5.10 Å². The molecule has 98 valence electrons. The number of hydrogen-bond acceptors (Lipinski definition) is 5. The van der Waals surface area contributed by atoms with Crippen molar-refractivity contribution in [2.45, 2.75) is 6.73 Å². The molecule has 0 amide bonds. The van der Waals surface area contributed by atoms with Crippen LogP contribution in [-0.2, 0) is 11.5 Å². The Bertz CT molecular complexity index is 592. The van der Waals surface area contributed by atoms with Crippen LogP contribution in [0.2, 0.25) is 0 Å². The first-order chi connectivity index (χ1) is 9.24. The van der Waals surface area contributed by atoms with Crippen LogP contribution in [0, 0.1) is 0 Å². The molecule has 0 radical (unpaired) electrons. The highest BCUT2D eigenvalue weighted by Crippen LogP contribution is 2.15. The van der Waals surface area contributed by atoms with Crippen LogP contribution in [0.3, 0.4) is 0 Å². The summed E-state index contributed by atoms with van der Waals surface area (Å²) in [6.45, 7) is 0.0991. The molecule has 0 saturated carbocycles. The monoisotopic (exact) mass is 260 g/mol. The number of methoxy groups -OCH3 is 1. The van der Waals surface area contributed by atoms with Gasteiger partial charge in [0.15, 0.2) is 18.7 Å². The van der Waals surface area contributed by atoms with Crippen LogP contribution in [-0.4, -0.2) is 29.1 Å². The number of aldehydes is 1. The number of aromatic nitrogens is 2. The van der Waals surface area contributed by atoms with E-state index in [-0.39, 0.29) is 12.4 Å². The summed E-state index contributed by atoms with van der Waals surface area (Å²) in [6.07, 6.45) is 2.31. The van der Waals surface area contributed by atoms with Gasteiger partial charge in [0.05, 0.1) is 12.7 Å². The van der Waals surface area contributed by atoms with Gasteiger partial charge in [-0.15, -0.1) is 0 Å². The van der Waals surface area contributed by atoms with E-state index in [0.717, 1.165) is 6.29 Å². The van der Waals surface area contributed by atoms with E-state index in [9.17, 15) is 9.59 Å². The number of carbonyl (C=O) groups excluding carboxylic acids is 2. The number of ether oxygens (including phenoxy) is 2. The van der Waals surface area contributed by atoms with Gasteiger partial charge in [0, 0.05) is 6.20 Å². The second kappa shape index (κ2) is 5.81. The summed E-state index contributed by atoms with van der Waals surface area (Å²) in [7, 11) is 1.29. The number of esters is 1. The topological polar surface area (TPSA) is 70.4 Å². The smallest absolute Gasteiger partial charge is 0.358 e. The fourth-order valence-corrected chi connectivity index (χ4v) is 1.49. The minimum absolute atomic E-state index is 0.0991. The van der Waals surface area contributed by atoms with Crippen LogP contribution in [0.4, 0.5) is 0 Å². The number of nitrogens with zero attached hydrogens (tertiary/aromatic N) is 2. The van der Waals surface area contributed by atoms with Crippen molar-refractivity contribution < 1.29 is 19.1 Å². The molecular weight excluding hydrogens is 248 g/mol. The van der Waals surface area contributed by atoms with Gasteiger partial charge in [-0.3, -0.25) is 4.79 Å². The molecule has 6 heteroatoms. The fourth-order valence-electron chi connectivity index (χ4n) is 1.49. The molecule has 0 bridgehead atoms. The molecule has 2 aromatic rings. The second-order valence-corrected chi connectivity index (χ2v) is 3.66. The number of rotatable bonds is 5. The van der Waals surface area contributed by atoms with Gasteiger partial charge in [0.1, 0.15) is 5.75 Å². The Morgan fingerprint density at radius 3 is 2.89 bits per heavy atom. The first kappa shape index (κ1) is 12.8. The second-order valence-electron chi connectivity index (χ2n) is 3.66. The van der Waals surface area contributed by atoms with Crippen molar-refractivity contribution in [3.8, 4) is 5.75 Å². The zero-order chi connectivity index (χ0) is 13.7. The molecule has 0 saturated heterocycles. The van der Waals surface area contributed by atoms with Crippen LogP contribution in [0.15, 0.2) is 36.5 Å². The molecule has 0 aliphatic carbocycles. The van der Waals surface area contributed by atoms with Crippen molar-refractivity contribution in [1.82, 2.24) is 9.78 Å². The summed E-state index contributed by atoms with van der Waals surface area (Å²) in [4.78, 5) is 22.0. The predicted molar refractivity (Wildman–Crippen MR) is 66.0 cm³/mol. The molecule has 6 nitrogen and oxygen atoms in total. The van der Waals surface area contributed by atoms with Gasteiger partial charge in [-0.25, -0.2) is 9.48 Å². The molecule has 0 spiro atoms. The van der Waals surface area contributed by atoms with Crippen LogP contribution >= 0.6 is 0 Å². The first-order valence-electron chi connectivity index (χ1n) is 5.53. The highest BCUT2D eigenvalue weighted by molar-refractivity contribution is 5.86. The number of benzene rings is 1. The van der Waals surface area contributed by atoms with Gasteiger partial charge >= 0.3 is 5.97 Å². The third-order valence-corrected chi connectivity index (χ3v) is 2.43. The number of para-hydroxylation sites is 1. The third kappa shape index (κ3) is 2.98. The predicted octanol–water partition coefficient (Wildman–Crippen LogP) is 1.52. The summed E-state index contributed by atoms with van der Waals surface area (Å²) in [6, 6.07) is 8.39. The fraction of sp³-hybridized carbons (Fsp3) is 0.154. The summed E-state index contributed by atoms with van der Waals surface area (Å²) in [5.74, 6) is -0.0420. The lowest BCUT2D eigenvalue weighted by Gasteiger charge is -2.07. The Morgan fingerprint density at radius 2 is 2.16 bits per heavy atom. The molecule has 0 unspecified atom stereocenters. The lowest BCUT2D eigenvalue weighted by molar-refractivity contribution is 0.0592. The van der Waals surface area contributed by atoms with E-state index in [4.69, 9.17) is 4.74 Å². The van der Waals surface area contributed by atoms with Crippen LogP contribution in [0.25, 0.3) is 0 Å². The van der Waals surface area contributed by atoms with Crippen molar-refractivity contribution in [1.29, 1.82) is 0 Å². The van der Waals surface area contributed by atoms with Crippen LogP contribution < -0.4 is 4.74 Å². The normalized spacial score (nSPS) is 9.95. The molecule has 0 aliphatic heterocycles. The van der Waals surface area contributed by atoms with Gasteiger partial charge < -0.3 is 9.47 Å². The maximum absolute atomic E-state index is 11.2. The average Bonchev–Trinajstić information content (AvgIpc) is 2.93. The largest absolute Gasteiger partial charge is 0.471 e. The molecule has 0 N–H and O–H groups in total. The molecule has 1 aromatic heterocycles. The molecule has 1 aromatic carbocycles. The van der Waals surface area contributed by atoms with Gasteiger partial charge in [-0.1, -0.05) is 12.1 Å². The zero-order valence-electron chi connectivity index (χ0n) is 10.3. The Morgan fingerprint density at radius 1 is 1.37 bits per heavy atom. The third-order valence-electron chi connectivity index (χ3n) is 2.43. The molecule has 0 atom stereocenters. The lowest BCUT2D eigenvalue weighted by atomic mass is 10.2. The lowest BCUT2D eigenvalue weighted by Crippen LogP contribution is -2.09. The minimum Gasteiger partial charge on any atom is -0.471 e. The van der Waals surface area contributed by atoms with E-state index < -0.39 is 5.97 Å². The zero-order valence-corrected chi connectivity index (χ0v) is 10.3. The Labute approximate surface area is 109 Å². The van der Waals surface area contributed by atoms with Crippen LogP contribution in [0.1, 0.15) is 20.8 Å². The van der Waals surface area contributed by atoms with E-state index in [1.165, 1.54) is 17.9 Å². The molecule has 19 heavy (non-hydrogen) atoms. The van der Waals surface area contributed by atoms with E-state index >= 15 is 0 Å². The Hall–Kier alpha value is -2.63. The minimum atomic E-state index is -0.507. The standard InChI is InChI=1S/C13H12N2O4/c1-18-13(17)11-6-7-15(14-11)9-19-12-5-3-2-4-10(12)8-16/h2-8H,9H2,1H3. The van der Waals surface area contributed by atoms with Crippen molar-refractivity contribution in [3.63, 3.8) is 0 Å². The molecule has 0 aliphatic rings. The highest BCUT2D eigenvalue weighted by atomic mass is 16.5. The van der Waals surface area contributed by atoms with Crippen molar-refractivity contribution in [2.24, 2.45) is 0 Å². The van der Waals surface area contributed by atoms with Gasteiger partial charge in [0.25, 0.3) is 0 Å². The van der Waals surface area contributed by atoms with E-state index in [1.807, 2.05) is 0 Å². The Balaban J connectivity index is 2.04. The highest BCUT2D eigenvalue weighted by Gasteiger charge is 2.09. The quantitative estimate of drug-likeness (QED) is 0.602. The first-order valence-corrected chi connectivity index (χ1v) is 5.53. The Kier molecular flexibility index (Phi) is 3.92. The molecule has 2 rings (SSSR count). The van der Waals surface area contributed by atoms with E-state index in [1.54, 1.807) is 30.5 Å². The van der Waals surface area contributed by atoms with Crippen molar-refractivity contribution >= 4 is 12.3 Å². The van der Waals surface area contributed by atoms with Crippen molar-refractivity contribution in [2.75, 3.05) is 7.11 Å². The van der Waals surface area contributed by atoms with Gasteiger partial charge in [0.2, 0.25) is 0 Å².